The molecule has 124 valence electrons. The molecule has 0 bridgehead atoms. The van der Waals surface area contributed by atoms with Crippen LogP contribution in [0.4, 0.5) is 0 Å². The Bertz CT molecular complexity index is 630. The number of nitrogens with zero attached hydrogens (tertiary/aromatic N) is 1. The Morgan fingerprint density at radius 2 is 2.00 bits per heavy atom. The van der Waals surface area contributed by atoms with Crippen LogP contribution in [0.2, 0.25) is 0 Å². The van der Waals surface area contributed by atoms with Crippen molar-refractivity contribution in [3.63, 3.8) is 0 Å². The number of benzene rings is 1. The second-order valence-electron chi connectivity index (χ2n) is 6.40. The van der Waals surface area contributed by atoms with Gasteiger partial charge in [-0.1, -0.05) is 19.4 Å². The third-order valence-corrected chi connectivity index (χ3v) is 5.64. The molecule has 2 amide bonds. The van der Waals surface area contributed by atoms with E-state index >= 15 is 0 Å². The van der Waals surface area contributed by atoms with Gasteiger partial charge in [0.15, 0.2) is 0 Å². The smallest absolute Gasteiger partial charge is 0.259 e. The molecule has 0 fully saturated rings. The fourth-order valence-corrected chi connectivity index (χ4v) is 4.27. The van der Waals surface area contributed by atoms with Crippen LogP contribution in [0, 0.1) is 0 Å². The Morgan fingerprint density at radius 1 is 1.30 bits per heavy atom. The van der Waals surface area contributed by atoms with E-state index in [0.29, 0.717) is 6.42 Å². The number of hydrogen-bond donors (Lipinski definition) is 1. The number of likely N-dealkylation sites (N-methyl/N-ethyl adjacent to an activating group) is 1. The van der Waals surface area contributed by atoms with E-state index in [4.69, 9.17) is 0 Å². The van der Waals surface area contributed by atoms with Gasteiger partial charge in [-0.25, -0.2) is 0 Å². The molecule has 1 aliphatic heterocycles. The molecule has 0 saturated carbocycles. The molecule has 0 spiro atoms. The molecule has 0 radical (unpaired) electrons. The van der Waals surface area contributed by atoms with Crippen LogP contribution < -0.4 is 5.32 Å². The van der Waals surface area contributed by atoms with E-state index in [-0.39, 0.29) is 11.8 Å². The predicted octanol–water partition coefficient (Wildman–Crippen LogP) is 3.39. The summed E-state index contributed by atoms with van der Waals surface area (Å²) >= 11 is 1.47. The van der Waals surface area contributed by atoms with Crippen LogP contribution in [0.1, 0.15) is 61.8 Å². The summed E-state index contributed by atoms with van der Waals surface area (Å²) in [4.78, 5) is 25.8. The maximum absolute atomic E-state index is 12.6. The summed E-state index contributed by atoms with van der Waals surface area (Å²) in [7, 11) is 1.78. The summed E-state index contributed by atoms with van der Waals surface area (Å²) in [5.41, 5.74) is 3.73. The van der Waals surface area contributed by atoms with Crippen molar-refractivity contribution in [1.29, 1.82) is 0 Å². The zero-order valence-electron chi connectivity index (χ0n) is 13.9. The lowest BCUT2D eigenvalue weighted by Gasteiger charge is -2.32. The molecule has 3 rings (SSSR count). The molecule has 0 aromatic heterocycles. The van der Waals surface area contributed by atoms with Gasteiger partial charge in [-0.05, 0) is 66.8 Å². The van der Waals surface area contributed by atoms with Crippen LogP contribution >= 0.6 is 11.9 Å². The number of unbranched alkanes of at least 4 members (excludes halogenated alkanes) is 1. The molecule has 4 nitrogen and oxygen atoms in total. The number of aryl methyl sites for hydroxylation is 2. The summed E-state index contributed by atoms with van der Waals surface area (Å²) in [5.74, 6) is -0.0720. The normalized spacial score (nSPS) is 20.0. The monoisotopic (exact) mass is 332 g/mol. The van der Waals surface area contributed by atoms with Crippen LogP contribution in [0.3, 0.4) is 0 Å². The molecule has 0 saturated heterocycles. The maximum atomic E-state index is 12.6. The minimum absolute atomic E-state index is 0.0332. The standard InChI is InChI=1S/C18H24N2O2S/c1-3-4-9-16(21)19-17-14-10-12-7-5-6-8-13(12)11-15(14)23-20(2)18(17)22/h10-11,17H,3-9H2,1-2H3,(H,19,21). The van der Waals surface area contributed by atoms with Crippen molar-refractivity contribution in [1.82, 2.24) is 9.62 Å². The molecular formula is C18H24N2O2S. The van der Waals surface area contributed by atoms with Gasteiger partial charge in [-0.3, -0.25) is 13.9 Å². The minimum Gasteiger partial charge on any atom is -0.340 e. The number of nitrogens with one attached hydrogen (secondary N) is 1. The average Bonchev–Trinajstić information content (AvgIpc) is 2.55. The van der Waals surface area contributed by atoms with Crippen molar-refractivity contribution >= 4 is 23.8 Å². The SMILES string of the molecule is CCCCC(=O)NC1C(=O)N(C)Sc2cc3c(cc21)CCCC3. The summed E-state index contributed by atoms with van der Waals surface area (Å²) in [6, 6.07) is 3.85. The van der Waals surface area contributed by atoms with Crippen molar-refractivity contribution in [2.24, 2.45) is 0 Å². The highest BCUT2D eigenvalue weighted by Crippen LogP contribution is 2.39. The van der Waals surface area contributed by atoms with Gasteiger partial charge in [-0.15, -0.1) is 0 Å². The minimum atomic E-state index is -0.534. The van der Waals surface area contributed by atoms with E-state index in [1.165, 1.54) is 35.9 Å². The molecule has 1 N–H and O–H groups in total. The van der Waals surface area contributed by atoms with Gasteiger partial charge in [0.25, 0.3) is 5.91 Å². The zero-order chi connectivity index (χ0) is 16.4. The van der Waals surface area contributed by atoms with Crippen LogP contribution in [0.5, 0.6) is 0 Å². The molecule has 1 atom stereocenters. The van der Waals surface area contributed by atoms with Gasteiger partial charge in [0.05, 0.1) is 0 Å². The quantitative estimate of drug-likeness (QED) is 0.860. The van der Waals surface area contributed by atoms with Gasteiger partial charge in [0, 0.05) is 18.4 Å². The Balaban J connectivity index is 1.90. The van der Waals surface area contributed by atoms with Crippen molar-refractivity contribution in [3.05, 3.63) is 28.8 Å². The van der Waals surface area contributed by atoms with Gasteiger partial charge in [0.2, 0.25) is 5.91 Å². The third kappa shape index (κ3) is 3.39. The molecule has 1 aromatic rings. The molecule has 2 aliphatic rings. The van der Waals surface area contributed by atoms with Crippen LogP contribution in [0.25, 0.3) is 0 Å². The first-order valence-corrected chi connectivity index (χ1v) is 9.28. The highest BCUT2D eigenvalue weighted by molar-refractivity contribution is 7.97. The van der Waals surface area contributed by atoms with Crippen molar-refractivity contribution < 1.29 is 9.59 Å². The van der Waals surface area contributed by atoms with E-state index in [9.17, 15) is 9.59 Å². The largest absolute Gasteiger partial charge is 0.340 e. The van der Waals surface area contributed by atoms with E-state index in [2.05, 4.69) is 24.4 Å². The summed E-state index contributed by atoms with van der Waals surface area (Å²) in [6.07, 6.45) is 6.96. The number of hydrogen-bond acceptors (Lipinski definition) is 3. The van der Waals surface area contributed by atoms with Crippen molar-refractivity contribution in [2.45, 2.75) is 62.8 Å². The fraction of sp³-hybridized carbons (Fsp3) is 0.556. The average molecular weight is 332 g/mol. The summed E-state index contributed by atoms with van der Waals surface area (Å²) < 4.78 is 1.64. The Kier molecular flexibility index (Phi) is 4.95. The highest BCUT2D eigenvalue weighted by atomic mass is 32.2. The van der Waals surface area contributed by atoms with E-state index in [1.54, 1.807) is 11.4 Å². The zero-order valence-corrected chi connectivity index (χ0v) is 14.7. The number of rotatable bonds is 4. The first-order valence-electron chi connectivity index (χ1n) is 8.50. The van der Waals surface area contributed by atoms with Crippen molar-refractivity contribution in [2.75, 3.05) is 7.05 Å². The van der Waals surface area contributed by atoms with Gasteiger partial charge in [-0.2, -0.15) is 0 Å². The van der Waals surface area contributed by atoms with E-state index in [1.807, 2.05) is 0 Å². The van der Waals surface area contributed by atoms with Crippen LogP contribution in [-0.2, 0) is 22.4 Å². The second kappa shape index (κ2) is 6.95. The molecule has 23 heavy (non-hydrogen) atoms. The lowest BCUT2D eigenvalue weighted by molar-refractivity contribution is -0.132. The number of carbonyl (C=O) groups excluding carboxylic acids is 2. The van der Waals surface area contributed by atoms with E-state index < -0.39 is 6.04 Å². The first kappa shape index (κ1) is 16.4. The molecule has 1 unspecified atom stereocenters. The molecule has 1 aliphatic carbocycles. The van der Waals surface area contributed by atoms with Gasteiger partial charge < -0.3 is 5.32 Å². The highest BCUT2D eigenvalue weighted by Gasteiger charge is 2.34. The maximum Gasteiger partial charge on any atom is 0.259 e. The number of fused-ring (bicyclic) bond motifs is 2. The second-order valence-corrected chi connectivity index (χ2v) is 7.57. The fourth-order valence-electron chi connectivity index (χ4n) is 3.30. The predicted molar refractivity (Wildman–Crippen MR) is 92.1 cm³/mol. The third-order valence-electron chi connectivity index (χ3n) is 4.64. The summed E-state index contributed by atoms with van der Waals surface area (Å²) in [6.45, 7) is 2.06. The Hall–Kier alpha value is -1.49. The van der Waals surface area contributed by atoms with E-state index in [0.717, 1.165) is 36.1 Å². The van der Waals surface area contributed by atoms with Crippen LogP contribution in [0.15, 0.2) is 17.0 Å². The van der Waals surface area contributed by atoms with Gasteiger partial charge >= 0.3 is 0 Å². The topological polar surface area (TPSA) is 49.4 Å². The Labute approximate surface area is 142 Å². The van der Waals surface area contributed by atoms with Crippen molar-refractivity contribution in [3.8, 4) is 0 Å². The Morgan fingerprint density at radius 3 is 2.70 bits per heavy atom. The molecular weight excluding hydrogens is 308 g/mol. The lowest BCUT2D eigenvalue weighted by atomic mass is 9.88. The number of amides is 2. The first-order chi connectivity index (χ1) is 11.1. The lowest BCUT2D eigenvalue weighted by Crippen LogP contribution is -2.41. The number of carbonyl (C=O) groups is 2. The molecule has 5 heteroatoms. The molecule has 1 heterocycles. The van der Waals surface area contributed by atoms with Gasteiger partial charge in [0.1, 0.15) is 6.04 Å². The molecule has 1 aromatic carbocycles. The van der Waals surface area contributed by atoms with Crippen LogP contribution in [-0.4, -0.2) is 23.2 Å². The summed E-state index contributed by atoms with van der Waals surface area (Å²) in [5, 5.41) is 2.95.